The fraction of sp³-hybridized carbons (Fsp3) is 0.308. The van der Waals surface area contributed by atoms with Gasteiger partial charge >= 0.3 is 6.18 Å². The highest BCUT2D eigenvalue weighted by molar-refractivity contribution is 6.05. The Labute approximate surface area is 223 Å². The van der Waals surface area contributed by atoms with E-state index in [-0.39, 0.29) is 23.5 Å². The average molecular weight is 547 g/mol. The maximum atomic E-state index is 14.8. The molecule has 0 radical (unpaired) electrons. The Morgan fingerprint density at radius 3 is 2.56 bits per heavy atom. The predicted molar refractivity (Wildman–Crippen MR) is 142 cm³/mol. The first-order valence-corrected chi connectivity index (χ1v) is 12.1. The molecule has 2 aromatic carbocycles. The number of hydrogen-bond acceptors (Lipinski definition) is 7. The van der Waals surface area contributed by atoms with E-state index in [1.54, 1.807) is 41.1 Å². The number of carbonyl (C=O) groups excluding carboxylic acids is 1. The van der Waals surface area contributed by atoms with Gasteiger partial charge in [0.15, 0.2) is 5.82 Å². The maximum Gasteiger partial charge on any atom is 0.419 e. The molecule has 0 saturated carbocycles. The van der Waals surface area contributed by atoms with Crippen LogP contribution in [-0.4, -0.2) is 42.9 Å². The Morgan fingerprint density at radius 2 is 1.92 bits per heavy atom. The lowest BCUT2D eigenvalue weighted by Crippen LogP contribution is -2.36. The van der Waals surface area contributed by atoms with Crippen molar-refractivity contribution in [2.45, 2.75) is 20.0 Å². The van der Waals surface area contributed by atoms with Crippen LogP contribution in [0.1, 0.15) is 32.7 Å². The van der Waals surface area contributed by atoms with E-state index in [9.17, 15) is 22.4 Å². The van der Waals surface area contributed by atoms with E-state index in [0.717, 1.165) is 22.5 Å². The molecule has 39 heavy (non-hydrogen) atoms. The van der Waals surface area contributed by atoms with Crippen molar-refractivity contribution >= 4 is 28.7 Å². The highest BCUT2D eigenvalue weighted by Gasteiger charge is 2.36. The van der Waals surface area contributed by atoms with Crippen molar-refractivity contribution in [2.75, 3.05) is 42.4 Å². The normalized spacial score (nSPS) is 13.4. The fourth-order valence-corrected chi connectivity index (χ4v) is 4.12. The summed E-state index contributed by atoms with van der Waals surface area (Å²) in [5.74, 6) is -2.03. The van der Waals surface area contributed by atoms with Gasteiger partial charge in [0.25, 0.3) is 5.91 Å². The van der Waals surface area contributed by atoms with Gasteiger partial charge in [-0.05, 0) is 50.7 Å². The van der Waals surface area contributed by atoms with Crippen LogP contribution in [0.5, 0.6) is 0 Å². The topological polar surface area (TPSA) is 89.5 Å². The maximum absolute atomic E-state index is 14.8. The third-order valence-corrected chi connectivity index (χ3v) is 6.55. The zero-order valence-corrected chi connectivity index (χ0v) is 22.2. The van der Waals surface area contributed by atoms with Crippen molar-refractivity contribution in [1.29, 1.82) is 0 Å². The number of rotatable bonds is 8. The number of amides is 1. The van der Waals surface area contributed by atoms with Crippen LogP contribution in [0.15, 0.2) is 42.7 Å². The van der Waals surface area contributed by atoms with Gasteiger partial charge in [-0.15, -0.1) is 5.53 Å². The lowest BCUT2D eigenvalue weighted by atomic mass is 10.1. The number of carbonyl (C=O) groups is 1. The minimum Gasteiger partial charge on any atom is -0.371 e. The second-order valence-electron chi connectivity index (χ2n) is 9.25. The number of benzene rings is 2. The van der Waals surface area contributed by atoms with Crippen LogP contribution in [0, 0.1) is 19.7 Å². The van der Waals surface area contributed by atoms with Crippen LogP contribution < -0.4 is 31.5 Å². The molecule has 4 rings (SSSR count). The van der Waals surface area contributed by atoms with Gasteiger partial charge in [0, 0.05) is 55.9 Å². The number of hydrogen-bond donors (Lipinski definition) is 4. The summed E-state index contributed by atoms with van der Waals surface area (Å²) >= 11 is 0. The van der Waals surface area contributed by atoms with E-state index in [2.05, 4.69) is 26.7 Å². The van der Waals surface area contributed by atoms with Crippen molar-refractivity contribution in [3.63, 3.8) is 0 Å². The number of aryl methyl sites for hydroxylation is 2. The summed E-state index contributed by atoms with van der Waals surface area (Å²) in [7, 11) is 5.01. The number of nitrogens with one attached hydrogen (secondary N) is 4. The molecule has 1 aliphatic rings. The second-order valence-corrected chi connectivity index (χ2v) is 9.25. The molecule has 0 fully saturated rings. The zero-order chi connectivity index (χ0) is 28.5. The van der Waals surface area contributed by atoms with Crippen LogP contribution in [-0.2, 0) is 13.2 Å². The van der Waals surface area contributed by atoms with E-state index < -0.39 is 23.5 Å². The first-order chi connectivity index (χ1) is 18.4. The Kier molecular flexibility index (Phi) is 7.84. The molecule has 2 heterocycles. The number of halogens is 4. The van der Waals surface area contributed by atoms with Gasteiger partial charge < -0.3 is 21.0 Å². The quantitative estimate of drug-likeness (QED) is 0.319. The van der Waals surface area contributed by atoms with E-state index >= 15 is 0 Å². The molecule has 1 amide bonds. The summed E-state index contributed by atoms with van der Waals surface area (Å²) < 4.78 is 57.4. The molecule has 0 saturated heterocycles. The molecule has 0 unspecified atom stereocenters. The second kappa shape index (κ2) is 10.9. The molecular weight excluding hydrogens is 516 g/mol. The smallest absolute Gasteiger partial charge is 0.371 e. The number of nitrogens with zero attached hydrogens (tertiary/aromatic N) is 4. The highest BCUT2D eigenvalue weighted by Crippen LogP contribution is 2.38. The lowest BCUT2D eigenvalue weighted by molar-refractivity contribution is -0.139. The molecule has 0 atom stereocenters. The van der Waals surface area contributed by atoms with Crippen LogP contribution in [0.2, 0.25) is 0 Å². The van der Waals surface area contributed by atoms with Gasteiger partial charge in [-0.1, -0.05) is 6.07 Å². The first kappa shape index (κ1) is 27.9. The van der Waals surface area contributed by atoms with Gasteiger partial charge in [-0.25, -0.2) is 4.39 Å². The molecule has 0 aliphatic carbocycles. The number of aromatic nitrogens is 2. The first-order valence-electron chi connectivity index (χ1n) is 12.1. The molecule has 13 heteroatoms. The summed E-state index contributed by atoms with van der Waals surface area (Å²) in [5.41, 5.74) is 8.54. The number of likely N-dealkylation sites (N-methyl/N-ethyl adjacent to an activating group) is 2. The molecule has 1 aliphatic heterocycles. The van der Waals surface area contributed by atoms with Gasteiger partial charge in [-0.2, -0.15) is 18.3 Å². The van der Waals surface area contributed by atoms with Gasteiger partial charge in [-0.3, -0.25) is 14.5 Å². The Bertz CT molecular complexity index is 1420. The Morgan fingerprint density at radius 1 is 1.18 bits per heavy atom. The van der Waals surface area contributed by atoms with E-state index in [1.807, 2.05) is 27.1 Å². The summed E-state index contributed by atoms with van der Waals surface area (Å²) in [6, 6.07) is 6.72. The summed E-state index contributed by atoms with van der Waals surface area (Å²) in [6.45, 7) is 4.49. The summed E-state index contributed by atoms with van der Waals surface area (Å²) in [5, 5.41) is 11.3. The van der Waals surface area contributed by atoms with Crippen molar-refractivity contribution in [3.05, 3.63) is 76.5 Å². The summed E-state index contributed by atoms with van der Waals surface area (Å²) in [4.78, 5) is 14.5. The third kappa shape index (κ3) is 5.83. The zero-order valence-electron chi connectivity index (χ0n) is 22.2. The van der Waals surface area contributed by atoms with Gasteiger partial charge in [0.2, 0.25) is 0 Å². The van der Waals surface area contributed by atoms with Crippen molar-refractivity contribution in [2.24, 2.45) is 7.05 Å². The Balaban J connectivity index is 1.62. The van der Waals surface area contributed by atoms with Crippen molar-refractivity contribution in [1.82, 2.24) is 26.1 Å². The van der Waals surface area contributed by atoms with E-state index in [1.165, 1.54) is 18.0 Å². The molecule has 4 N–H and O–H groups in total. The average Bonchev–Trinajstić information content (AvgIpc) is 3.49. The largest absolute Gasteiger partial charge is 0.419 e. The highest BCUT2D eigenvalue weighted by atomic mass is 19.4. The van der Waals surface area contributed by atoms with Crippen molar-refractivity contribution in [3.8, 4) is 0 Å². The minimum absolute atomic E-state index is 0.169. The van der Waals surface area contributed by atoms with Crippen LogP contribution >= 0.6 is 0 Å². The molecule has 1 aromatic heterocycles. The molecule has 0 bridgehead atoms. The van der Waals surface area contributed by atoms with E-state index in [0.29, 0.717) is 18.3 Å². The molecule has 0 spiro atoms. The fourth-order valence-electron chi connectivity index (χ4n) is 4.12. The predicted octanol–water partition coefficient (Wildman–Crippen LogP) is 3.93. The van der Waals surface area contributed by atoms with E-state index in [4.69, 9.17) is 0 Å². The third-order valence-electron chi connectivity index (χ3n) is 6.55. The molecular formula is C26H30F4N8O. The van der Waals surface area contributed by atoms with Crippen LogP contribution in [0.4, 0.5) is 34.6 Å². The minimum atomic E-state index is -4.94. The van der Waals surface area contributed by atoms with Crippen molar-refractivity contribution < 1.29 is 22.4 Å². The standard InChI is InChI=1S/C26H30F4N8O/c1-15-6-7-17(10-22(15)38-14-21(34-35-38)19-13-32-37(5)16(19)2)25(39)33-18-11-20(26(28,29)30)24(27)23(12-18)36(4)9-8-31-3/h6-7,10-14,31,34-35H,8-9H2,1-5H3,(H,33,39). The molecule has 3 aromatic rings. The molecule has 9 nitrogen and oxygen atoms in total. The number of anilines is 3. The Hall–Kier alpha value is -4.10. The molecule has 208 valence electrons. The van der Waals surface area contributed by atoms with Crippen LogP contribution in [0.25, 0.3) is 5.70 Å². The van der Waals surface area contributed by atoms with Gasteiger partial charge in [0.05, 0.1) is 28.8 Å². The van der Waals surface area contributed by atoms with Gasteiger partial charge in [0.1, 0.15) is 0 Å². The summed E-state index contributed by atoms with van der Waals surface area (Å²) in [6.07, 6.45) is -1.39. The lowest BCUT2D eigenvalue weighted by Gasteiger charge is -2.23. The monoisotopic (exact) mass is 546 g/mol. The van der Waals surface area contributed by atoms with Crippen LogP contribution in [0.3, 0.4) is 0 Å². The SMILES string of the molecule is CNCCN(C)c1cc(NC(=O)c2ccc(C)c(N3C=C(c4cnn(C)c4C)NN3)c2)cc(C(F)(F)F)c1F. The number of alkyl halides is 3. The number of hydrazine groups is 2.